The van der Waals surface area contributed by atoms with Crippen molar-refractivity contribution in [3.63, 3.8) is 0 Å². The van der Waals surface area contributed by atoms with Crippen LogP contribution in [0.25, 0.3) is 0 Å². The molecule has 1 fully saturated rings. The normalized spacial score (nSPS) is 19.4. The van der Waals surface area contributed by atoms with Gasteiger partial charge in [0, 0.05) is 6.54 Å². The van der Waals surface area contributed by atoms with Gasteiger partial charge in [-0.25, -0.2) is 0 Å². The number of methoxy groups -OCH3 is 1. The topological polar surface area (TPSA) is 56.3 Å². The molecule has 1 N–H and O–H groups in total. The molecule has 0 amide bonds. The fraction of sp³-hybridized carbons (Fsp3) is 0.556. The van der Waals surface area contributed by atoms with E-state index in [4.69, 9.17) is 9.47 Å². The van der Waals surface area contributed by atoms with Gasteiger partial charge in [-0.1, -0.05) is 0 Å². The van der Waals surface area contributed by atoms with Gasteiger partial charge in [-0.05, 0) is 13.0 Å². The van der Waals surface area contributed by atoms with Crippen LogP contribution in [0.5, 0.6) is 11.8 Å². The summed E-state index contributed by atoms with van der Waals surface area (Å²) in [4.78, 5) is 8.05. The van der Waals surface area contributed by atoms with Crippen molar-refractivity contribution in [1.82, 2.24) is 15.3 Å². The van der Waals surface area contributed by atoms with Crippen LogP contribution in [0.4, 0.5) is 0 Å². The quantitative estimate of drug-likeness (QED) is 0.828. The molecule has 0 saturated carbocycles. The van der Waals surface area contributed by atoms with E-state index in [0.29, 0.717) is 11.8 Å². The van der Waals surface area contributed by atoms with Gasteiger partial charge >= 0.3 is 6.01 Å². The second kappa shape index (κ2) is 5.72. The highest BCUT2D eigenvalue weighted by atomic mass is 35.5. The molecule has 0 radical (unpaired) electrons. The fourth-order valence-corrected chi connectivity index (χ4v) is 1.35. The van der Waals surface area contributed by atoms with E-state index in [1.165, 1.54) is 0 Å². The molecule has 1 atom stereocenters. The van der Waals surface area contributed by atoms with Crippen molar-refractivity contribution in [3.05, 3.63) is 12.4 Å². The second-order valence-electron chi connectivity index (χ2n) is 3.14. The average Bonchev–Trinajstić information content (AvgIpc) is 2.72. The van der Waals surface area contributed by atoms with Crippen LogP contribution in [0.3, 0.4) is 0 Å². The van der Waals surface area contributed by atoms with Crippen LogP contribution in [-0.2, 0) is 0 Å². The van der Waals surface area contributed by atoms with E-state index in [0.717, 1.165) is 19.5 Å². The minimum absolute atomic E-state index is 0. The first-order valence-electron chi connectivity index (χ1n) is 4.62. The molecule has 1 saturated heterocycles. The van der Waals surface area contributed by atoms with Crippen molar-refractivity contribution < 1.29 is 9.47 Å². The molecule has 2 rings (SSSR count). The standard InChI is InChI=1S/C9H13N3O2.ClH/c1-13-8-5-11-9(12-6-8)14-7-2-3-10-4-7;/h5-7,10H,2-4H2,1H3;1H. The zero-order valence-corrected chi connectivity index (χ0v) is 9.29. The van der Waals surface area contributed by atoms with Gasteiger partial charge in [0.2, 0.25) is 0 Å². The number of rotatable bonds is 3. The molecule has 6 heteroatoms. The summed E-state index contributed by atoms with van der Waals surface area (Å²) < 4.78 is 10.5. The van der Waals surface area contributed by atoms with Gasteiger partial charge in [0.05, 0.1) is 19.5 Å². The Morgan fingerprint density at radius 3 is 2.67 bits per heavy atom. The van der Waals surface area contributed by atoms with Crippen LogP contribution >= 0.6 is 12.4 Å². The summed E-state index contributed by atoms with van der Waals surface area (Å²) in [6.07, 6.45) is 4.41. The minimum Gasteiger partial charge on any atom is -0.494 e. The van der Waals surface area contributed by atoms with Crippen LogP contribution in [0.2, 0.25) is 0 Å². The number of nitrogens with one attached hydrogen (secondary N) is 1. The Morgan fingerprint density at radius 2 is 2.13 bits per heavy atom. The third-order valence-electron chi connectivity index (χ3n) is 2.13. The molecule has 0 spiro atoms. The summed E-state index contributed by atoms with van der Waals surface area (Å²) in [7, 11) is 1.58. The summed E-state index contributed by atoms with van der Waals surface area (Å²) in [6.45, 7) is 1.87. The van der Waals surface area contributed by atoms with Gasteiger partial charge < -0.3 is 14.8 Å². The third-order valence-corrected chi connectivity index (χ3v) is 2.13. The molecule has 0 aliphatic carbocycles. The summed E-state index contributed by atoms with van der Waals surface area (Å²) >= 11 is 0. The predicted octanol–water partition coefficient (Wildman–Crippen LogP) is 0.648. The second-order valence-corrected chi connectivity index (χ2v) is 3.14. The van der Waals surface area contributed by atoms with E-state index in [-0.39, 0.29) is 18.5 Å². The van der Waals surface area contributed by atoms with Gasteiger partial charge in [-0.15, -0.1) is 12.4 Å². The first kappa shape index (κ1) is 12.0. The lowest BCUT2D eigenvalue weighted by molar-refractivity contribution is 0.203. The summed E-state index contributed by atoms with van der Waals surface area (Å²) in [5.41, 5.74) is 0. The number of hydrogen-bond donors (Lipinski definition) is 1. The van der Waals surface area contributed by atoms with E-state index in [9.17, 15) is 0 Å². The molecule has 1 unspecified atom stereocenters. The number of nitrogens with zero attached hydrogens (tertiary/aromatic N) is 2. The Hall–Kier alpha value is -1.07. The lowest BCUT2D eigenvalue weighted by Crippen LogP contribution is -2.20. The van der Waals surface area contributed by atoms with Crippen molar-refractivity contribution in [2.45, 2.75) is 12.5 Å². The van der Waals surface area contributed by atoms with Crippen molar-refractivity contribution in [3.8, 4) is 11.8 Å². The van der Waals surface area contributed by atoms with Crippen LogP contribution in [-0.4, -0.2) is 36.3 Å². The van der Waals surface area contributed by atoms with Crippen molar-refractivity contribution >= 4 is 12.4 Å². The van der Waals surface area contributed by atoms with E-state index in [1.54, 1.807) is 19.5 Å². The molecule has 0 aromatic carbocycles. The maximum Gasteiger partial charge on any atom is 0.316 e. The summed E-state index contributed by atoms with van der Waals surface area (Å²) in [6, 6.07) is 0.416. The number of aromatic nitrogens is 2. The third kappa shape index (κ3) is 3.21. The Morgan fingerprint density at radius 1 is 1.40 bits per heavy atom. The fourth-order valence-electron chi connectivity index (χ4n) is 1.35. The first-order chi connectivity index (χ1) is 6.88. The molecule has 15 heavy (non-hydrogen) atoms. The van der Waals surface area contributed by atoms with Gasteiger partial charge in [0.15, 0.2) is 5.75 Å². The van der Waals surface area contributed by atoms with Gasteiger partial charge in [0.25, 0.3) is 0 Å². The maximum atomic E-state index is 5.53. The number of hydrogen-bond acceptors (Lipinski definition) is 5. The smallest absolute Gasteiger partial charge is 0.316 e. The van der Waals surface area contributed by atoms with Crippen molar-refractivity contribution in [2.24, 2.45) is 0 Å². The SMILES string of the molecule is COc1cnc(OC2CCNC2)nc1.Cl. The van der Waals surface area contributed by atoms with E-state index >= 15 is 0 Å². The van der Waals surface area contributed by atoms with Gasteiger partial charge in [0.1, 0.15) is 6.10 Å². The Bertz CT molecular complexity index is 288. The Balaban J connectivity index is 0.00000112. The molecule has 1 aliphatic rings. The van der Waals surface area contributed by atoms with E-state index in [2.05, 4.69) is 15.3 Å². The maximum absolute atomic E-state index is 5.53. The van der Waals surface area contributed by atoms with Crippen LogP contribution in [0, 0.1) is 0 Å². The number of halogens is 1. The Kier molecular flexibility index (Phi) is 4.58. The molecule has 1 aromatic heterocycles. The molecule has 1 aromatic rings. The molecule has 84 valence electrons. The van der Waals surface area contributed by atoms with Crippen LogP contribution in [0.1, 0.15) is 6.42 Å². The highest BCUT2D eigenvalue weighted by Gasteiger charge is 2.16. The lowest BCUT2D eigenvalue weighted by Gasteiger charge is -2.09. The highest BCUT2D eigenvalue weighted by molar-refractivity contribution is 5.85. The average molecular weight is 232 g/mol. The van der Waals surface area contributed by atoms with Gasteiger partial charge in [-0.2, -0.15) is 9.97 Å². The van der Waals surface area contributed by atoms with Crippen molar-refractivity contribution in [2.75, 3.05) is 20.2 Å². The van der Waals surface area contributed by atoms with Crippen LogP contribution in [0.15, 0.2) is 12.4 Å². The molecule has 1 aliphatic heterocycles. The van der Waals surface area contributed by atoms with Gasteiger partial charge in [-0.3, -0.25) is 0 Å². The Labute approximate surface area is 94.6 Å². The molecule has 0 bridgehead atoms. The van der Waals surface area contributed by atoms with E-state index in [1.807, 2.05) is 0 Å². The molecular formula is C9H14ClN3O2. The minimum atomic E-state index is 0. The zero-order chi connectivity index (χ0) is 9.80. The van der Waals surface area contributed by atoms with Crippen molar-refractivity contribution in [1.29, 1.82) is 0 Å². The number of ether oxygens (including phenoxy) is 2. The summed E-state index contributed by atoms with van der Waals surface area (Å²) in [5, 5.41) is 3.21. The lowest BCUT2D eigenvalue weighted by atomic mass is 10.3. The highest BCUT2D eigenvalue weighted by Crippen LogP contribution is 2.12. The molecule has 5 nitrogen and oxygen atoms in total. The largest absolute Gasteiger partial charge is 0.494 e. The monoisotopic (exact) mass is 231 g/mol. The molecular weight excluding hydrogens is 218 g/mol. The van der Waals surface area contributed by atoms with Crippen LogP contribution < -0.4 is 14.8 Å². The summed E-state index contributed by atoms with van der Waals surface area (Å²) in [5.74, 6) is 0.641. The first-order valence-corrected chi connectivity index (χ1v) is 4.62. The van der Waals surface area contributed by atoms with E-state index < -0.39 is 0 Å². The zero-order valence-electron chi connectivity index (χ0n) is 8.47. The predicted molar refractivity (Wildman–Crippen MR) is 57.7 cm³/mol. The molecule has 2 heterocycles.